The Morgan fingerprint density at radius 2 is 2.40 bits per heavy atom. The molecule has 2 aromatic heterocycles. The molecule has 2 aromatic rings. The SMILES string of the molecule is CCCn1ccnc(NC(C(=O)O)c2cccs2)c1=O. The molecule has 0 fully saturated rings. The van der Waals surface area contributed by atoms with E-state index in [-0.39, 0.29) is 11.4 Å². The Morgan fingerprint density at radius 1 is 1.60 bits per heavy atom. The van der Waals surface area contributed by atoms with E-state index in [9.17, 15) is 14.7 Å². The highest BCUT2D eigenvalue weighted by Gasteiger charge is 2.22. The van der Waals surface area contributed by atoms with Crippen LogP contribution in [-0.2, 0) is 11.3 Å². The molecule has 0 aliphatic carbocycles. The molecule has 6 nitrogen and oxygen atoms in total. The molecule has 2 N–H and O–H groups in total. The highest BCUT2D eigenvalue weighted by atomic mass is 32.1. The molecular weight excluding hydrogens is 278 g/mol. The predicted octanol–water partition coefficient (Wildman–Crippen LogP) is 1.95. The van der Waals surface area contributed by atoms with Gasteiger partial charge >= 0.3 is 5.97 Å². The minimum atomic E-state index is -1.04. The lowest BCUT2D eigenvalue weighted by atomic mass is 10.2. The van der Waals surface area contributed by atoms with Crippen molar-refractivity contribution in [3.63, 3.8) is 0 Å². The number of thiophene rings is 1. The molecule has 0 spiro atoms. The standard InChI is InChI=1S/C13H15N3O3S/c1-2-6-16-7-5-14-11(12(16)17)15-10(13(18)19)9-4-3-8-20-9/h3-5,7-8,10H,2,6H2,1H3,(H,14,15)(H,18,19). The summed E-state index contributed by atoms with van der Waals surface area (Å²) in [6, 6.07) is 2.52. The number of rotatable bonds is 6. The first kappa shape index (κ1) is 14.3. The molecule has 0 amide bonds. The summed E-state index contributed by atoms with van der Waals surface area (Å²) in [6.07, 6.45) is 3.90. The van der Waals surface area contributed by atoms with Crippen LogP contribution in [0.4, 0.5) is 5.82 Å². The molecule has 1 unspecified atom stereocenters. The Labute approximate surface area is 119 Å². The zero-order valence-corrected chi connectivity index (χ0v) is 11.8. The Kier molecular flexibility index (Phi) is 4.52. The zero-order chi connectivity index (χ0) is 14.5. The highest BCUT2D eigenvalue weighted by Crippen LogP contribution is 2.21. The van der Waals surface area contributed by atoms with Crippen LogP contribution in [0.25, 0.3) is 0 Å². The van der Waals surface area contributed by atoms with E-state index in [4.69, 9.17) is 0 Å². The normalized spacial score (nSPS) is 12.1. The fourth-order valence-corrected chi connectivity index (χ4v) is 2.58. The van der Waals surface area contributed by atoms with Crippen LogP contribution in [0.15, 0.2) is 34.7 Å². The van der Waals surface area contributed by atoms with Gasteiger partial charge in [-0.05, 0) is 17.9 Å². The number of carbonyl (C=O) groups is 1. The molecule has 0 aliphatic heterocycles. The van der Waals surface area contributed by atoms with Crippen LogP contribution in [0.5, 0.6) is 0 Å². The molecule has 1 atom stereocenters. The van der Waals surface area contributed by atoms with E-state index in [1.165, 1.54) is 22.1 Å². The van der Waals surface area contributed by atoms with Crippen LogP contribution < -0.4 is 10.9 Å². The van der Waals surface area contributed by atoms with Crippen LogP contribution >= 0.6 is 11.3 Å². The number of aryl methyl sites for hydroxylation is 1. The van der Waals surface area contributed by atoms with Crippen molar-refractivity contribution in [3.8, 4) is 0 Å². The summed E-state index contributed by atoms with van der Waals surface area (Å²) in [4.78, 5) is 28.0. The Bertz CT molecular complexity index is 637. The van der Waals surface area contributed by atoms with E-state index in [1.807, 2.05) is 6.92 Å². The summed E-state index contributed by atoms with van der Waals surface area (Å²) >= 11 is 1.32. The third-order valence-corrected chi connectivity index (χ3v) is 3.67. The number of nitrogens with zero attached hydrogens (tertiary/aromatic N) is 2. The molecule has 106 valence electrons. The van der Waals surface area contributed by atoms with Crippen molar-refractivity contribution >= 4 is 23.1 Å². The lowest BCUT2D eigenvalue weighted by molar-refractivity contribution is -0.138. The first-order chi connectivity index (χ1) is 9.63. The average Bonchev–Trinajstić information content (AvgIpc) is 2.93. The van der Waals surface area contributed by atoms with E-state index >= 15 is 0 Å². The summed E-state index contributed by atoms with van der Waals surface area (Å²) in [6.45, 7) is 2.54. The van der Waals surface area contributed by atoms with Crippen molar-refractivity contribution < 1.29 is 9.90 Å². The summed E-state index contributed by atoms with van der Waals surface area (Å²) in [5.74, 6) is -0.985. The molecule has 0 saturated carbocycles. The van der Waals surface area contributed by atoms with Crippen LogP contribution in [0.1, 0.15) is 24.3 Å². The lowest BCUT2D eigenvalue weighted by Crippen LogP contribution is -2.28. The average molecular weight is 293 g/mol. The van der Waals surface area contributed by atoms with E-state index in [0.29, 0.717) is 11.4 Å². The number of carboxylic acids is 1. The molecule has 0 saturated heterocycles. The number of carboxylic acid groups (broad SMARTS) is 1. The minimum Gasteiger partial charge on any atom is -0.479 e. The van der Waals surface area contributed by atoms with Gasteiger partial charge in [0, 0.05) is 23.8 Å². The number of nitrogens with one attached hydrogen (secondary N) is 1. The van der Waals surface area contributed by atoms with Gasteiger partial charge in [-0.25, -0.2) is 9.78 Å². The molecule has 0 aromatic carbocycles. The van der Waals surface area contributed by atoms with Gasteiger partial charge in [0.05, 0.1) is 0 Å². The van der Waals surface area contributed by atoms with Crippen molar-refractivity contribution in [2.45, 2.75) is 25.9 Å². The molecule has 2 heterocycles. The summed E-state index contributed by atoms with van der Waals surface area (Å²) in [7, 11) is 0. The maximum Gasteiger partial charge on any atom is 0.331 e. The molecular formula is C13H15N3O3S. The minimum absolute atomic E-state index is 0.0572. The van der Waals surface area contributed by atoms with Crippen molar-refractivity contribution in [2.75, 3.05) is 5.32 Å². The van der Waals surface area contributed by atoms with Gasteiger partial charge in [0.25, 0.3) is 5.56 Å². The molecule has 0 bridgehead atoms. The number of aliphatic carboxylic acids is 1. The van der Waals surface area contributed by atoms with Crippen LogP contribution in [0.2, 0.25) is 0 Å². The number of aromatic nitrogens is 2. The van der Waals surface area contributed by atoms with Crippen LogP contribution in [0.3, 0.4) is 0 Å². The van der Waals surface area contributed by atoms with Gasteiger partial charge in [0.15, 0.2) is 11.9 Å². The van der Waals surface area contributed by atoms with Crippen LogP contribution in [0, 0.1) is 0 Å². The van der Waals surface area contributed by atoms with Gasteiger partial charge in [0.1, 0.15) is 0 Å². The summed E-state index contributed by atoms with van der Waals surface area (Å²) in [5.41, 5.74) is -0.308. The number of hydrogen-bond acceptors (Lipinski definition) is 5. The van der Waals surface area contributed by atoms with Gasteiger partial charge in [-0.2, -0.15) is 0 Å². The second-order valence-corrected chi connectivity index (χ2v) is 5.18. The monoisotopic (exact) mass is 293 g/mol. The van der Waals surface area contributed by atoms with Gasteiger partial charge in [-0.3, -0.25) is 4.79 Å². The number of anilines is 1. The molecule has 0 radical (unpaired) electrons. The fourth-order valence-electron chi connectivity index (χ4n) is 1.81. The van der Waals surface area contributed by atoms with Crippen LogP contribution in [-0.4, -0.2) is 20.6 Å². The smallest absolute Gasteiger partial charge is 0.331 e. The maximum atomic E-state index is 12.1. The maximum absolute atomic E-state index is 12.1. The fraction of sp³-hybridized carbons (Fsp3) is 0.308. The van der Waals surface area contributed by atoms with Gasteiger partial charge < -0.3 is 15.0 Å². The molecule has 2 rings (SSSR count). The Balaban J connectivity index is 2.30. The zero-order valence-electron chi connectivity index (χ0n) is 10.9. The quantitative estimate of drug-likeness (QED) is 0.850. The van der Waals surface area contributed by atoms with Crippen molar-refractivity contribution in [1.29, 1.82) is 0 Å². The first-order valence-electron chi connectivity index (χ1n) is 6.21. The molecule has 7 heteroatoms. The van der Waals surface area contributed by atoms with Crippen molar-refractivity contribution in [1.82, 2.24) is 9.55 Å². The number of hydrogen-bond donors (Lipinski definition) is 2. The van der Waals surface area contributed by atoms with E-state index in [2.05, 4.69) is 10.3 Å². The van der Waals surface area contributed by atoms with Gasteiger partial charge in [-0.15, -0.1) is 11.3 Å². The predicted molar refractivity (Wildman–Crippen MR) is 77.1 cm³/mol. The van der Waals surface area contributed by atoms with Crippen molar-refractivity contribution in [2.24, 2.45) is 0 Å². The third kappa shape index (κ3) is 3.05. The van der Waals surface area contributed by atoms with Crippen molar-refractivity contribution in [3.05, 3.63) is 45.1 Å². The second-order valence-electron chi connectivity index (χ2n) is 4.21. The van der Waals surface area contributed by atoms with Gasteiger partial charge in [-0.1, -0.05) is 13.0 Å². The summed E-state index contributed by atoms with van der Waals surface area (Å²) in [5, 5.41) is 13.8. The largest absolute Gasteiger partial charge is 0.479 e. The second kappa shape index (κ2) is 6.33. The highest BCUT2D eigenvalue weighted by molar-refractivity contribution is 7.10. The first-order valence-corrected chi connectivity index (χ1v) is 7.09. The third-order valence-electron chi connectivity index (χ3n) is 2.73. The topological polar surface area (TPSA) is 84.2 Å². The van der Waals surface area contributed by atoms with E-state index in [0.717, 1.165) is 6.42 Å². The molecule has 20 heavy (non-hydrogen) atoms. The lowest BCUT2D eigenvalue weighted by Gasteiger charge is -2.14. The van der Waals surface area contributed by atoms with Gasteiger partial charge in [0.2, 0.25) is 0 Å². The summed E-state index contributed by atoms with van der Waals surface area (Å²) < 4.78 is 1.52. The molecule has 0 aliphatic rings. The Hall–Kier alpha value is -2.15. The Morgan fingerprint density at radius 3 is 3.00 bits per heavy atom. The van der Waals surface area contributed by atoms with E-state index in [1.54, 1.807) is 23.7 Å². The van der Waals surface area contributed by atoms with E-state index < -0.39 is 12.0 Å².